The van der Waals surface area contributed by atoms with Gasteiger partial charge in [-0.25, -0.2) is 0 Å². The van der Waals surface area contributed by atoms with Crippen LogP contribution in [0, 0.1) is 0 Å². The molecule has 3 N–H and O–H groups in total. The van der Waals surface area contributed by atoms with Crippen molar-refractivity contribution in [3.63, 3.8) is 0 Å². The van der Waals surface area contributed by atoms with E-state index < -0.39 is 0 Å². The van der Waals surface area contributed by atoms with Gasteiger partial charge in [0.1, 0.15) is 0 Å². The maximum atomic E-state index is 8.82. The zero-order chi connectivity index (χ0) is 9.61. The Morgan fingerprint density at radius 2 is 2.17 bits per heavy atom. The van der Waals surface area contributed by atoms with Gasteiger partial charge >= 0.3 is 0 Å². The highest BCUT2D eigenvalue weighted by Gasteiger charge is 2.22. The van der Waals surface area contributed by atoms with E-state index in [9.17, 15) is 0 Å². The molecule has 0 amide bonds. The predicted octanol–water partition coefficient (Wildman–Crippen LogP) is 0.552. The van der Waals surface area contributed by atoms with Crippen LogP contribution in [-0.2, 0) is 0 Å². The molecule has 72 valence electrons. The third kappa shape index (κ3) is 3.24. The number of hydrogen-bond acceptors (Lipinski definition) is 3. The Bertz CT molecular complexity index is 134. The van der Waals surface area contributed by atoms with E-state index in [4.69, 9.17) is 10.8 Å². The third-order valence-electron chi connectivity index (χ3n) is 2.09. The van der Waals surface area contributed by atoms with E-state index in [1.165, 1.54) is 0 Å². The van der Waals surface area contributed by atoms with Crippen molar-refractivity contribution in [1.82, 2.24) is 4.90 Å². The van der Waals surface area contributed by atoms with E-state index >= 15 is 0 Å². The second kappa shape index (κ2) is 5.17. The molecular weight excluding hydrogens is 152 g/mol. The average Bonchev–Trinajstić information content (AvgIpc) is 1.99. The maximum Gasteiger partial charge on any atom is 0.0453 e. The van der Waals surface area contributed by atoms with Crippen LogP contribution >= 0.6 is 0 Å². The van der Waals surface area contributed by atoms with E-state index in [0.717, 1.165) is 13.0 Å². The molecule has 0 aliphatic carbocycles. The van der Waals surface area contributed by atoms with Crippen LogP contribution in [0.15, 0.2) is 12.8 Å². The molecule has 3 nitrogen and oxygen atoms in total. The highest BCUT2D eigenvalue weighted by molar-refractivity contribution is 4.87. The lowest BCUT2D eigenvalue weighted by Gasteiger charge is -2.37. The first kappa shape index (κ1) is 11.5. The van der Waals surface area contributed by atoms with Crippen molar-refractivity contribution in [3.05, 3.63) is 12.8 Å². The summed E-state index contributed by atoms with van der Waals surface area (Å²) < 4.78 is 0. The minimum Gasteiger partial charge on any atom is -0.396 e. The van der Waals surface area contributed by atoms with E-state index in [1.54, 1.807) is 6.20 Å². The Morgan fingerprint density at radius 3 is 2.50 bits per heavy atom. The van der Waals surface area contributed by atoms with Gasteiger partial charge in [-0.1, -0.05) is 6.58 Å². The predicted molar refractivity (Wildman–Crippen MR) is 51.7 cm³/mol. The average molecular weight is 172 g/mol. The van der Waals surface area contributed by atoms with Crippen LogP contribution in [0.1, 0.15) is 20.3 Å². The summed E-state index contributed by atoms with van der Waals surface area (Å²) in [5, 5.41) is 8.82. The largest absolute Gasteiger partial charge is 0.396 e. The highest BCUT2D eigenvalue weighted by atomic mass is 16.3. The first-order valence-corrected chi connectivity index (χ1v) is 4.28. The van der Waals surface area contributed by atoms with Crippen LogP contribution in [-0.4, -0.2) is 35.2 Å². The molecule has 0 aliphatic rings. The molecule has 12 heavy (non-hydrogen) atoms. The monoisotopic (exact) mass is 172 g/mol. The molecule has 0 rings (SSSR count). The van der Waals surface area contributed by atoms with Crippen molar-refractivity contribution in [3.8, 4) is 0 Å². The van der Waals surface area contributed by atoms with Gasteiger partial charge in [-0.3, -0.25) is 0 Å². The molecule has 0 unspecified atom stereocenters. The van der Waals surface area contributed by atoms with Gasteiger partial charge in [0, 0.05) is 25.2 Å². The van der Waals surface area contributed by atoms with Crippen LogP contribution in [0.3, 0.4) is 0 Å². The molecule has 0 aromatic rings. The second-order valence-corrected chi connectivity index (χ2v) is 3.45. The molecule has 0 saturated heterocycles. The SMILES string of the molecule is C=CN(CCN)C(C)(C)CCO. The molecule has 0 heterocycles. The molecule has 0 radical (unpaired) electrons. The van der Waals surface area contributed by atoms with E-state index in [2.05, 4.69) is 25.3 Å². The molecule has 0 fully saturated rings. The van der Waals surface area contributed by atoms with Gasteiger partial charge < -0.3 is 15.7 Å². The van der Waals surface area contributed by atoms with Crippen LogP contribution in [0.2, 0.25) is 0 Å². The fourth-order valence-electron chi connectivity index (χ4n) is 1.20. The molecule has 3 heteroatoms. The molecule has 0 spiro atoms. The van der Waals surface area contributed by atoms with Crippen molar-refractivity contribution in [1.29, 1.82) is 0 Å². The lowest BCUT2D eigenvalue weighted by atomic mass is 9.99. The van der Waals surface area contributed by atoms with Gasteiger partial charge in [-0.15, -0.1) is 0 Å². The van der Waals surface area contributed by atoms with Crippen LogP contribution in [0.4, 0.5) is 0 Å². The van der Waals surface area contributed by atoms with E-state index in [0.29, 0.717) is 6.54 Å². The lowest BCUT2D eigenvalue weighted by Crippen LogP contribution is -2.43. The molecule has 0 aliphatic heterocycles. The quantitative estimate of drug-likeness (QED) is 0.615. The van der Waals surface area contributed by atoms with Crippen molar-refractivity contribution in [2.24, 2.45) is 5.73 Å². The van der Waals surface area contributed by atoms with Crippen molar-refractivity contribution >= 4 is 0 Å². The second-order valence-electron chi connectivity index (χ2n) is 3.45. The van der Waals surface area contributed by atoms with Crippen molar-refractivity contribution in [2.45, 2.75) is 25.8 Å². The van der Waals surface area contributed by atoms with Crippen LogP contribution in [0.5, 0.6) is 0 Å². The van der Waals surface area contributed by atoms with Gasteiger partial charge in [0.05, 0.1) is 0 Å². The molecule has 0 atom stereocenters. The van der Waals surface area contributed by atoms with Crippen molar-refractivity contribution in [2.75, 3.05) is 19.7 Å². The Hall–Kier alpha value is -0.540. The first-order valence-electron chi connectivity index (χ1n) is 4.28. The van der Waals surface area contributed by atoms with Gasteiger partial charge in [-0.05, 0) is 26.5 Å². The molecule has 0 aromatic heterocycles. The van der Waals surface area contributed by atoms with Gasteiger partial charge in [0.25, 0.3) is 0 Å². The zero-order valence-corrected chi connectivity index (χ0v) is 8.08. The number of nitrogens with zero attached hydrogens (tertiary/aromatic N) is 1. The summed E-state index contributed by atoms with van der Waals surface area (Å²) in [4.78, 5) is 2.06. The Labute approximate surface area is 74.9 Å². The Kier molecular flexibility index (Phi) is 4.93. The zero-order valence-electron chi connectivity index (χ0n) is 8.08. The van der Waals surface area contributed by atoms with Gasteiger partial charge in [0.15, 0.2) is 0 Å². The Morgan fingerprint density at radius 1 is 1.58 bits per heavy atom. The number of hydrogen-bond donors (Lipinski definition) is 2. The molecule has 0 aromatic carbocycles. The summed E-state index contributed by atoms with van der Waals surface area (Å²) in [6.45, 7) is 9.45. The molecule has 0 bridgehead atoms. The Balaban J connectivity index is 4.14. The van der Waals surface area contributed by atoms with Crippen molar-refractivity contribution < 1.29 is 5.11 Å². The smallest absolute Gasteiger partial charge is 0.0453 e. The summed E-state index contributed by atoms with van der Waals surface area (Å²) in [7, 11) is 0. The number of aliphatic hydroxyl groups is 1. The number of rotatable bonds is 6. The summed E-state index contributed by atoms with van der Waals surface area (Å²) in [6, 6.07) is 0. The van der Waals surface area contributed by atoms with Gasteiger partial charge in [0.2, 0.25) is 0 Å². The lowest BCUT2D eigenvalue weighted by molar-refractivity contribution is 0.140. The summed E-state index contributed by atoms with van der Waals surface area (Å²) in [5.41, 5.74) is 5.40. The topological polar surface area (TPSA) is 49.5 Å². The number of nitrogens with two attached hydrogens (primary N) is 1. The third-order valence-corrected chi connectivity index (χ3v) is 2.09. The van der Waals surface area contributed by atoms with Crippen LogP contribution in [0.25, 0.3) is 0 Å². The minimum absolute atomic E-state index is 0.0458. The maximum absolute atomic E-state index is 8.82. The summed E-state index contributed by atoms with van der Waals surface area (Å²) in [5.74, 6) is 0. The standard InChI is InChI=1S/C9H20N2O/c1-4-11(7-6-10)9(2,3)5-8-12/h4,12H,1,5-8,10H2,2-3H3. The normalized spacial score (nSPS) is 11.3. The highest BCUT2D eigenvalue weighted by Crippen LogP contribution is 2.17. The minimum atomic E-state index is -0.0458. The number of aliphatic hydroxyl groups excluding tert-OH is 1. The molecular formula is C9H20N2O. The first-order chi connectivity index (χ1) is 5.58. The molecule has 0 saturated carbocycles. The summed E-state index contributed by atoms with van der Waals surface area (Å²) in [6.07, 6.45) is 2.52. The van der Waals surface area contributed by atoms with Gasteiger partial charge in [-0.2, -0.15) is 0 Å². The van der Waals surface area contributed by atoms with E-state index in [1.807, 2.05) is 0 Å². The fraction of sp³-hybridized carbons (Fsp3) is 0.778. The summed E-state index contributed by atoms with van der Waals surface area (Å²) >= 11 is 0. The van der Waals surface area contributed by atoms with Crippen LogP contribution < -0.4 is 5.73 Å². The fourth-order valence-corrected chi connectivity index (χ4v) is 1.20. The van der Waals surface area contributed by atoms with E-state index in [-0.39, 0.29) is 12.1 Å².